The quantitative estimate of drug-likeness (QED) is 0.770. The molecule has 4 rings (SSSR count). The maximum absolute atomic E-state index is 13.0. The number of carbonyl (C=O) groups excluding carboxylic acids is 2. The first-order valence-corrected chi connectivity index (χ1v) is 10.2. The monoisotopic (exact) mass is 452 g/mol. The predicted molar refractivity (Wildman–Crippen MR) is 109 cm³/mol. The number of hydrogen-bond donors (Lipinski definition) is 1. The van der Waals surface area contributed by atoms with Crippen LogP contribution >= 0.6 is 11.6 Å². The van der Waals surface area contributed by atoms with Crippen molar-refractivity contribution in [3.63, 3.8) is 0 Å². The van der Waals surface area contributed by atoms with Crippen molar-refractivity contribution in [3.05, 3.63) is 58.6 Å². The Kier molecular flexibility index (Phi) is 5.47. The fraction of sp³-hybridized carbons (Fsp3) is 0.364. The van der Waals surface area contributed by atoms with Crippen molar-refractivity contribution in [3.8, 4) is 11.1 Å². The number of nitrogens with zero attached hydrogens (tertiary/aromatic N) is 2. The lowest BCUT2D eigenvalue weighted by Gasteiger charge is -2.35. The molecule has 1 N–H and O–H groups in total. The van der Waals surface area contributed by atoms with E-state index in [0.717, 1.165) is 12.1 Å². The summed E-state index contributed by atoms with van der Waals surface area (Å²) in [5.41, 5.74) is -0.823. The predicted octanol–water partition coefficient (Wildman–Crippen LogP) is 3.84. The van der Waals surface area contributed by atoms with E-state index in [1.165, 1.54) is 6.07 Å². The number of halogens is 4. The first-order valence-electron chi connectivity index (χ1n) is 9.86. The lowest BCUT2D eigenvalue weighted by atomic mass is 10.0. The molecule has 2 aromatic carbocycles. The van der Waals surface area contributed by atoms with Gasteiger partial charge in [0, 0.05) is 36.8 Å². The van der Waals surface area contributed by atoms with E-state index < -0.39 is 17.3 Å². The zero-order valence-corrected chi connectivity index (χ0v) is 17.2. The normalized spacial score (nSPS) is 18.1. The van der Waals surface area contributed by atoms with Crippen molar-refractivity contribution in [2.75, 3.05) is 26.2 Å². The molecule has 1 saturated carbocycles. The van der Waals surface area contributed by atoms with E-state index in [-0.39, 0.29) is 16.8 Å². The van der Waals surface area contributed by atoms with Crippen molar-refractivity contribution in [2.24, 2.45) is 0 Å². The lowest BCUT2D eigenvalue weighted by molar-refractivity contribution is -0.144. The molecule has 0 radical (unpaired) electrons. The summed E-state index contributed by atoms with van der Waals surface area (Å²) in [6.07, 6.45) is -3.54. The molecule has 164 valence electrons. The molecule has 0 atom stereocenters. The topological polar surface area (TPSA) is 60.9 Å². The Balaban J connectivity index is 1.44. The van der Waals surface area contributed by atoms with Crippen LogP contribution in [-0.4, -0.2) is 58.5 Å². The molecule has 5 nitrogen and oxygen atoms in total. The molecule has 2 aromatic rings. The minimum absolute atomic E-state index is 0.0201. The van der Waals surface area contributed by atoms with E-state index >= 15 is 0 Å². The summed E-state index contributed by atoms with van der Waals surface area (Å²) in [6.45, 7) is 1.42. The zero-order chi connectivity index (χ0) is 22.4. The standard InChI is InChI=1S/C22H20ClF3N2O3/c23-18-12-16(11-17(13-18)22(24,25)26)14-1-3-15(4-2-14)19(29)27-7-9-28(10-8-27)20(30)21(31)5-6-21/h1-4,11-13,31H,5-10H2. The van der Waals surface area contributed by atoms with Gasteiger partial charge in [0.05, 0.1) is 5.56 Å². The Bertz CT molecular complexity index is 1010. The Morgan fingerprint density at radius 1 is 0.903 bits per heavy atom. The van der Waals surface area contributed by atoms with Crippen molar-refractivity contribution < 1.29 is 27.9 Å². The summed E-state index contributed by atoms with van der Waals surface area (Å²) in [4.78, 5) is 28.2. The van der Waals surface area contributed by atoms with E-state index in [9.17, 15) is 27.9 Å². The van der Waals surface area contributed by atoms with Gasteiger partial charge in [-0.25, -0.2) is 0 Å². The van der Waals surface area contributed by atoms with Gasteiger partial charge >= 0.3 is 6.18 Å². The van der Waals surface area contributed by atoms with Gasteiger partial charge in [0.1, 0.15) is 5.60 Å². The SMILES string of the molecule is O=C(c1ccc(-c2cc(Cl)cc(C(F)(F)F)c2)cc1)N1CCN(C(=O)C2(O)CC2)CC1. The Labute approximate surface area is 182 Å². The average Bonchev–Trinajstić information content (AvgIpc) is 3.50. The van der Waals surface area contributed by atoms with Gasteiger partial charge < -0.3 is 14.9 Å². The highest BCUT2D eigenvalue weighted by atomic mass is 35.5. The number of hydrogen-bond acceptors (Lipinski definition) is 3. The van der Waals surface area contributed by atoms with Crippen LogP contribution in [0, 0.1) is 0 Å². The highest BCUT2D eigenvalue weighted by Crippen LogP contribution is 2.37. The second-order valence-electron chi connectivity index (χ2n) is 7.92. The molecule has 1 heterocycles. The molecule has 1 aliphatic heterocycles. The third kappa shape index (κ3) is 4.55. The fourth-order valence-electron chi connectivity index (χ4n) is 3.65. The molecule has 31 heavy (non-hydrogen) atoms. The number of amides is 2. The van der Waals surface area contributed by atoms with Gasteiger partial charge in [-0.3, -0.25) is 9.59 Å². The number of carbonyl (C=O) groups is 2. The molecule has 0 aromatic heterocycles. The maximum atomic E-state index is 13.0. The van der Waals surface area contributed by atoms with Gasteiger partial charge in [-0.2, -0.15) is 13.2 Å². The van der Waals surface area contributed by atoms with Crippen LogP contribution in [-0.2, 0) is 11.0 Å². The highest BCUT2D eigenvalue weighted by Gasteiger charge is 2.50. The molecule has 0 unspecified atom stereocenters. The highest BCUT2D eigenvalue weighted by molar-refractivity contribution is 6.31. The van der Waals surface area contributed by atoms with Crippen molar-refractivity contribution in [1.29, 1.82) is 0 Å². The zero-order valence-electron chi connectivity index (χ0n) is 16.5. The van der Waals surface area contributed by atoms with Crippen molar-refractivity contribution in [1.82, 2.24) is 9.80 Å². The Morgan fingerprint density at radius 3 is 2.03 bits per heavy atom. The van der Waals surface area contributed by atoms with Crippen LogP contribution in [0.1, 0.15) is 28.8 Å². The number of aliphatic hydroxyl groups is 1. The largest absolute Gasteiger partial charge is 0.416 e. The molecule has 0 spiro atoms. The summed E-state index contributed by atoms with van der Waals surface area (Å²) in [6, 6.07) is 9.63. The number of piperazine rings is 1. The first-order chi connectivity index (χ1) is 14.6. The molecular formula is C22H20ClF3N2O3. The number of alkyl halides is 3. The van der Waals surface area contributed by atoms with Crippen LogP contribution < -0.4 is 0 Å². The molecule has 1 saturated heterocycles. The van der Waals surface area contributed by atoms with Gasteiger partial charge in [0.25, 0.3) is 11.8 Å². The van der Waals surface area contributed by atoms with Crippen LogP contribution in [0.3, 0.4) is 0 Å². The molecule has 2 aliphatic rings. The molecule has 9 heteroatoms. The first kappa shape index (κ1) is 21.6. The average molecular weight is 453 g/mol. The van der Waals surface area contributed by atoms with Crippen molar-refractivity contribution >= 4 is 23.4 Å². The molecule has 1 aliphatic carbocycles. The van der Waals surface area contributed by atoms with Crippen LogP contribution in [0.15, 0.2) is 42.5 Å². The summed E-state index contributed by atoms with van der Waals surface area (Å²) >= 11 is 5.85. The van der Waals surface area contributed by atoms with Crippen LogP contribution in [0.4, 0.5) is 13.2 Å². The summed E-state index contributed by atoms with van der Waals surface area (Å²) in [7, 11) is 0. The molecule has 0 bridgehead atoms. The summed E-state index contributed by atoms with van der Waals surface area (Å²) in [5, 5.41) is 9.94. The Morgan fingerprint density at radius 2 is 1.48 bits per heavy atom. The van der Waals surface area contributed by atoms with E-state index in [1.807, 2.05) is 0 Å². The number of rotatable bonds is 3. The van der Waals surface area contributed by atoms with Gasteiger partial charge in [0.15, 0.2) is 0 Å². The van der Waals surface area contributed by atoms with Crippen molar-refractivity contribution in [2.45, 2.75) is 24.6 Å². The van der Waals surface area contributed by atoms with Gasteiger partial charge in [-0.1, -0.05) is 23.7 Å². The third-order valence-corrected chi connectivity index (χ3v) is 5.88. The molecular weight excluding hydrogens is 433 g/mol. The summed E-state index contributed by atoms with van der Waals surface area (Å²) in [5.74, 6) is -0.491. The van der Waals surface area contributed by atoms with Gasteiger partial charge in [-0.05, 0) is 54.3 Å². The fourth-order valence-corrected chi connectivity index (χ4v) is 3.88. The second-order valence-corrected chi connectivity index (χ2v) is 8.36. The minimum atomic E-state index is -4.51. The Hall–Kier alpha value is -2.58. The van der Waals surface area contributed by atoms with Crippen LogP contribution in [0.5, 0.6) is 0 Å². The van der Waals surface area contributed by atoms with E-state index in [2.05, 4.69) is 0 Å². The number of benzene rings is 2. The second kappa shape index (κ2) is 7.84. The minimum Gasteiger partial charge on any atom is -0.380 e. The van der Waals surface area contributed by atoms with Crippen LogP contribution in [0.25, 0.3) is 11.1 Å². The molecule has 2 amide bonds. The van der Waals surface area contributed by atoms with E-state index in [1.54, 1.807) is 34.1 Å². The maximum Gasteiger partial charge on any atom is 0.416 e. The van der Waals surface area contributed by atoms with E-state index in [0.29, 0.717) is 55.7 Å². The summed E-state index contributed by atoms with van der Waals surface area (Å²) < 4.78 is 39.1. The van der Waals surface area contributed by atoms with Crippen LogP contribution in [0.2, 0.25) is 5.02 Å². The van der Waals surface area contributed by atoms with E-state index in [4.69, 9.17) is 11.6 Å². The van der Waals surface area contributed by atoms with Gasteiger partial charge in [-0.15, -0.1) is 0 Å². The smallest absolute Gasteiger partial charge is 0.380 e. The van der Waals surface area contributed by atoms with Gasteiger partial charge in [0.2, 0.25) is 0 Å². The lowest BCUT2D eigenvalue weighted by Crippen LogP contribution is -2.53. The third-order valence-electron chi connectivity index (χ3n) is 5.67. The molecule has 2 fully saturated rings.